The van der Waals surface area contributed by atoms with Gasteiger partial charge in [0.15, 0.2) is 5.82 Å². The van der Waals surface area contributed by atoms with Crippen LogP contribution in [-0.2, 0) is 11.8 Å². The van der Waals surface area contributed by atoms with Crippen LogP contribution in [0.25, 0.3) is 11.4 Å². The number of alkyl halides is 3. The average molecular weight is 284 g/mol. The van der Waals surface area contributed by atoms with Crippen molar-refractivity contribution in [3.8, 4) is 11.4 Å². The number of anilines is 1. The second-order valence-corrected chi connectivity index (χ2v) is 4.16. The van der Waals surface area contributed by atoms with Gasteiger partial charge in [-0.05, 0) is 12.1 Å². The second-order valence-electron chi connectivity index (χ2n) is 4.16. The first kappa shape index (κ1) is 14.0. The van der Waals surface area contributed by atoms with Crippen molar-refractivity contribution in [2.24, 2.45) is 7.05 Å². The highest BCUT2D eigenvalue weighted by molar-refractivity contribution is 5.91. The van der Waals surface area contributed by atoms with Gasteiger partial charge in [0.05, 0.1) is 0 Å². The molecule has 0 spiro atoms. The van der Waals surface area contributed by atoms with Gasteiger partial charge < -0.3 is 5.32 Å². The first-order valence-corrected chi connectivity index (χ1v) is 5.66. The maximum Gasteiger partial charge on any atom is 0.397 e. The molecule has 0 aliphatic rings. The van der Waals surface area contributed by atoms with Gasteiger partial charge >= 0.3 is 6.18 Å². The van der Waals surface area contributed by atoms with Crippen LogP contribution in [0.15, 0.2) is 30.6 Å². The Kier molecular flexibility index (Phi) is 3.73. The van der Waals surface area contributed by atoms with Gasteiger partial charge in [0, 0.05) is 18.3 Å². The summed E-state index contributed by atoms with van der Waals surface area (Å²) in [6, 6.07) is 6.33. The van der Waals surface area contributed by atoms with E-state index in [4.69, 9.17) is 0 Å². The van der Waals surface area contributed by atoms with E-state index in [1.165, 1.54) is 23.1 Å². The number of aryl methyl sites for hydroxylation is 1. The van der Waals surface area contributed by atoms with E-state index < -0.39 is 18.5 Å². The second kappa shape index (κ2) is 5.32. The molecule has 0 saturated carbocycles. The van der Waals surface area contributed by atoms with Gasteiger partial charge in [-0.3, -0.25) is 9.48 Å². The number of nitrogens with one attached hydrogen (secondary N) is 1. The van der Waals surface area contributed by atoms with Crippen LogP contribution in [0.1, 0.15) is 6.42 Å². The number of hydrogen-bond donors (Lipinski definition) is 1. The van der Waals surface area contributed by atoms with Crippen LogP contribution in [-0.4, -0.2) is 26.8 Å². The molecule has 1 aromatic carbocycles. The first-order chi connectivity index (χ1) is 9.33. The predicted octanol–water partition coefficient (Wildman–Crippen LogP) is 2.37. The van der Waals surface area contributed by atoms with Crippen LogP contribution in [0, 0.1) is 0 Å². The maximum absolute atomic E-state index is 12.1. The largest absolute Gasteiger partial charge is 0.397 e. The minimum Gasteiger partial charge on any atom is -0.326 e. The van der Waals surface area contributed by atoms with E-state index in [0.717, 1.165) is 0 Å². The summed E-state index contributed by atoms with van der Waals surface area (Å²) >= 11 is 0. The Morgan fingerprint density at radius 1 is 1.40 bits per heavy atom. The van der Waals surface area contributed by atoms with E-state index in [9.17, 15) is 18.0 Å². The van der Waals surface area contributed by atoms with E-state index in [0.29, 0.717) is 11.4 Å². The first-order valence-electron chi connectivity index (χ1n) is 5.66. The number of nitrogens with zero attached hydrogens (tertiary/aromatic N) is 3. The van der Waals surface area contributed by atoms with Crippen LogP contribution >= 0.6 is 0 Å². The standard InChI is InChI=1S/C12H11F3N4O/c1-19-7-16-11(18-19)8-3-2-4-9(5-8)17-10(20)6-12(13,14)15/h2-5,7H,6H2,1H3,(H,17,20). The molecule has 2 aromatic rings. The summed E-state index contributed by atoms with van der Waals surface area (Å²) in [7, 11) is 1.70. The van der Waals surface area contributed by atoms with Crippen molar-refractivity contribution < 1.29 is 18.0 Å². The van der Waals surface area contributed by atoms with E-state index in [1.807, 2.05) is 0 Å². The monoisotopic (exact) mass is 284 g/mol. The summed E-state index contributed by atoms with van der Waals surface area (Å²) in [5, 5.41) is 6.27. The molecule has 0 aliphatic carbocycles. The topological polar surface area (TPSA) is 59.8 Å². The quantitative estimate of drug-likeness (QED) is 0.941. The normalized spacial score (nSPS) is 11.4. The lowest BCUT2D eigenvalue weighted by Gasteiger charge is -2.08. The SMILES string of the molecule is Cn1cnc(-c2cccc(NC(=O)CC(F)(F)F)c2)n1. The number of rotatable bonds is 3. The zero-order valence-corrected chi connectivity index (χ0v) is 10.5. The van der Waals surface area contributed by atoms with Crippen molar-refractivity contribution >= 4 is 11.6 Å². The molecule has 0 fully saturated rings. The molecule has 106 valence electrons. The summed E-state index contributed by atoms with van der Waals surface area (Å²) in [6.07, 6.45) is -4.53. The number of amides is 1. The van der Waals surface area contributed by atoms with Crippen molar-refractivity contribution in [1.29, 1.82) is 0 Å². The molecule has 1 N–H and O–H groups in total. The third kappa shape index (κ3) is 3.81. The highest BCUT2D eigenvalue weighted by Crippen LogP contribution is 2.22. The van der Waals surface area contributed by atoms with Crippen molar-refractivity contribution in [2.75, 3.05) is 5.32 Å². The summed E-state index contributed by atoms with van der Waals surface area (Å²) in [5.74, 6) is -0.678. The third-order valence-corrected chi connectivity index (χ3v) is 2.37. The molecule has 0 aliphatic heterocycles. The fourth-order valence-corrected chi connectivity index (χ4v) is 1.59. The Morgan fingerprint density at radius 3 is 2.75 bits per heavy atom. The Morgan fingerprint density at radius 2 is 2.15 bits per heavy atom. The summed E-state index contributed by atoms with van der Waals surface area (Å²) < 4.78 is 37.7. The molecular formula is C12H11F3N4O. The molecule has 2 rings (SSSR count). The number of hydrogen-bond acceptors (Lipinski definition) is 3. The molecule has 0 atom stereocenters. The van der Waals surface area contributed by atoms with Crippen molar-refractivity contribution in [2.45, 2.75) is 12.6 Å². The molecular weight excluding hydrogens is 273 g/mol. The van der Waals surface area contributed by atoms with E-state index in [1.54, 1.807) is 19.2 Å². The summed E-state index contributed by atoms with van der Waals surface area (Å²) in [5.41, 5.74) is 0.875. The van der Waals surface area contributed by atoms with Crippen LogP contribution in [0.5, 0.6) is 0 Å². The molecule has 1 heterocycles. The highest BCUT2D eigenvalue weighted by atomic mass is 19.4. The zero-order chi connectivity index (χ0) is 14.8. The smallest absolute Gasteiger partial charge is 0.326 e. The Labute approximate surface area is 112 Å². The van der Waals surface area contributed by atoms with E-state index >= 15 is 0 Å². The Bertz CT molecular complexity index is 621. The highest BCUT2D eigenvalue weighted by Gasteiger charge is 2.31. The van der Waals surface area contributed by atoms with Gasteiger partial charge in [0.2, 0.25) is 5.91 Å². The minimum atomic E-state index is -4.52. The van der Waals surface area contributed by atoms with Crippen molar-refractivity contribution in [3.63, 3.8) is 0 Å². The van der Waals surface area contributed by atoms with Gasteiger partial charge in [-0.2, -0.15) is 18.3 Å². The molecule has 20 heavy (non-hydrogen) atoms. The summed E-state index contributed by atoms with van der Waals surface area (Å²) in [4.78, 5) is 15.2. The number of carbonyl (C=O) groups excluding carboxylic acids is 1. The van der Waals surface area contributed by atoms with Crippen LogP contribution in [0.4, 0.5) is 18.9 Å². The minimum absolute atomic E-state index is 0.268. The van der Waals surface area contributed by atoms with Crippen molar-refractivity contribution in [3.05, 3.63) is 30.6 Å². The van der Waals surface area contributed by atoms with Gasteiger partial charge in [0.1, 0.15) is 12.7 Å². The van der Waals surface area contributed by atoms with Crippen LogP contribution in [0.3, 0.4) is 0 Å². The average Bonchev–Trinajstić information content (AvgIpc) is 2.73. The van der Waals surface area contributed by atoms with Gasteiger partial charge in [-0.15, -0.1) is 0 Å². The molecule has 1 aromatic heterocycles. The van der Waals surface area contributed by atoms with Crippen molar-refractivity contribution in [1.82, 2.24) is 14.8 Å². The van der Waals surface area contributed by atoms with Gasteiger partial charge in [-0.25, -0.2) is 4.98 Å². The van der Waals surface area contributed by atoms with E-state index in [-0.39, 0.29) is 5.69 Å². The van der Waals surface area contributed by atoms with Gasteiger partial charge in [-0.1, -0.05) is 12.1 Å². The van der Waals surface area contributed by atoms with Crippen LogP contribution in [0.2, 0.25) is 0 Å². The molecule has 0 unspecified atom stereocenters. The third-order valence-electron chi connectivity index (χ3n) is 2.37. The lowest BCUT2D eigenvalue weighted by atomic mass is 10.2. The lowest BCUT2D eigenvalue weighted by molar-refractivity contribution is -0.150. The number of carbonyl (C=O) groups is 1. The fraction of sp³-hybridized carbons (Fsp3) is 0.250. The number of aromatic nitrogens is 3. The Hall–Kier alpha value is -2.38. The Balaban J connectivity index is 2.12. The fourth-order valence-electron chi connectivity index (χ4n) is 1.59. The molecule has 5 nitrogen and oxygen atoms in total. The maximum atomic E-state index is 12.1. The molecule has 8 heteroatoms. The lowest BCUT2D eigenvalue weighted by Crippen LogP contribution is -2.21. The van der Waals surface area contributed by atoms with E-state index in [2.05, 4.69) is 15.4 Å². The molecule has 0 saturated heterocycles. The van der Waals surface area contributed by atoms with Crippen LogP contribution < -0.4 is 5.32 Å². The molecule has 0 bridgehead atoms. The molecule has 1 amide bonds. The summed E-state index contributed by atoms with van der Waals surface area (Å²) in [6.45, 7) is 0. The zero-order valence-electron chi connectivity index (χ0n) is 10.5. The number of halogens is 3. The van der Waals surface area contributed by atoms with Gasteiger partial charge in [0.25, 0.3) is 0 Å². The molecule has 0 radical (unpaired) electrons. The number of benzene rings is 1. The predicted molar refractivity (Wildman–Crippen MR) is 65.7 cm³/mol.